The van der Waals surface area contributed by atoms with Crippen LogP contribution in [-0.4, -0.2) is 56.1 Å². The summed E-state index contributed by atoms with van der Waals surface area (Å²) in [6, 6.07) is 13.6. The summed E-state index contributed by atoms with van der Waals surface area (Å²) < 4.78 is 27.0. The molecule has 0 aromatic heterocycles. The highest BCUT2D eigenvalue weighted by Gasteiger charge is 2.30. The molecule has 1 saturated heterocycles. The van der Waals surface area contributed by atoms with Crippen LogP contribution in [0.3, 0.4) is 0 Å². The van der Waals surface area contributed by atoms with Gasteiger partial charge in [0.15, 0.2) is 0 Å². The number of rotatable bonds is 7. The average molecular weight is 423 g/mol. The Morgan fingerprint density at radius 2 is 1.68 bits per heavy atom. The summed E-state index contributed by atoms with van der Waals surface area (Å²) in [5.41, 5.74) is 1.14. The Bertz CT molecular complexity index is 907. The smallest absolute Gasteiger partial charge is 0.269 e. The molecule has 1 aliphatic heterocycles. The van der Waals surface area contributed by atoms with E-state index in [1.54, 1.807) is 0 Å². The summed E-state index contributed by atoms with van der Waals surface area (Å²) in [5.74, 6) is 0.994. The fraction of sp³-hybridized carbons (Fsp3) is 0.368. The molecule has 2 aromatic carbocycles. The van der Waals surface area contributed by atoms with Crippen molar-refractivity contribution in [2.45, 2.75) is 16.7 Å². The number of nitrogens with one attached hydrogen (secondary N) is 1. The van der Waals surface area contributed by atoms with Crippen LogP contribution in [0.15, 0.2) is 58.3 Å². The molecule has 0 aliphatic carbocycles. The highest BCUT2D eigenvalue weighted by atomic mass is 32.2. The molecule has 1 heterocycles. The van der Waals surface area contributed by atoms with Crippen molar-refractivity contribution in [3.8, 4) is 0 Å². The van der Waals surface area contributed by atoms with Gasteiger partial charge in [0.1, 0.15) is 0 Å². The minimum absolute atomic E-state index is 0.108. The summed E-state index contributed by atoms with van der Waals surface area (Å²) >= 11 is 1.82. The van der Waals surface area contributed by atoms with E-state index < -0.39 is 14.9 Å². The van der Waals surface area contributed by atoms with Crippen LogP contribution in [0.1, 0.15) is 5.56 Å². The van der Waals surface area contributed by atoms with Gasteiger partial charge in [0.25, 0.3) is 5.69 Å². The zero-order valence-electron chi connectivity index (χ0n) is 15.7. The Hall–Kier alpha value is -1.94. The summed E-state index contributed by atoms with van der Waals surface area (Å²) in [6.07, 6.45) is 0. The van der Waals surface area contributed by atoms with Crippen LogP contribution in [0.5, 0.6) is 0 Å². The van der Waals surface area contributed by atoms with Gasteiger partial charge in [-0.25, -0.2) is 8.42 Å². The van der Waals surface area contributed by atoms with Gasteiger partial charge < -0.3 is 4.90 Å². The molecule has 28 heavy (non-hydrogen) atoms. The third kappa shape index (κ3) is 5.11. The lowest BCUT2D eigenvalue weighted by molar-refractivity contribution is -0.901. The number of nitro benzene ring substituents is 1. The molecule has 0 amide bonds. The van der Waals surface area contributed by atoms with Crippen LogP contribution in [-0.2, 0) is 10.0 Å². The zero-order valence-corrected chi connectivity index (χ0v) is 17.3. The van der Waals surface area contributed by atoms with Crippen molar-refractivity contribution in [2.75, 3.05) is 38.5 Å². The molecule has 0 spiro atoms. The first kappa shape index (κ1) is 20.8. The van der Waals surface area contributed by atoms with Crippen LogP contribution in [0.2, 0.25) is 0 Å². The Kier molecular flexibility index (Phi) is 6.71. The maximum absolute atomic E-state index is 12.7. The lowest BCUT2D eigenvalue weighted by atomic mass is 10.2. The molecule has 150 valence electrons. The lowest BCUT2D eigenvalue weighted by Crippen LogP contribution is -3.15. The molecular formula is C19H24N3O4S2+. The molecule has 0 unspecified atom stereocenters. The van der Waals surface area contributed by atoms with Gasteiger partial charge in [-0.05, 0) is 31.2 Å². The summed E-state index contributed by atoms with van der Waals surface area (Å²) in [6.45, 7) is 5.52. The monoisotopic (exact) mass is 422 g/mol. The minimum atomic E-state index is -3.60. The number of nitro groups is 1. The van der Waals surface area contributed by atoms with Gasteiger partial charge in [-0.3, -0.25) is 10.1 Å². The predicted molar refractivity (Wildman–Crippen MR) is 109 cm³/mol. The average Bonchev–Trinajstić information content (AvgIpc) is 2.70. The molecule has 3 rings (SSSR count). The number of sulfonamides is 1. The first-order valence-corrected chi connectivity index (χ1v) is 11.6. The van der Waals surface area contributed by atoms with Crippen molar-refractivity contribution in [3.05, 3.63) is 64.2 Å². The molecule has 0 bridgehead atoms. The summed E-state index contributed by atoms with van der Waals surface area (Å²) in [7, 11) is -3.60. The molecule has 2 aromatic rings. The standard InChI is InChI=1S/C19H23N3O4S2/c1-16-2-6-18(7-3-16)27-15-14-20-10-12-21(13-11-20)28(25,26)19-8-4-17(5-9-19)22(23)24/h2-9H,10-15H2,1H3/p+1. The number of hydrogen-bond acceptors (Lipinski definition) is 5. The largest absolute Gasteiger partial charge is 0.332 e. The third-order valence-electron chi connectivity index (χ3n) is 4.86. The second-order valence-electron chi connectivity index (χ2n) is 6.82. The molecule has 1 N–H and O–H groups in total. The van der Waals surface area contributed by atoms with Crippen LogP contribution in [0, 0.1) is 17.0 Å². The fourth-order valence-electron chi connectivity index (χ4n) is 3.13. The van der Waals surface area contributed by atoms with Crippen LogP contribution >= 0.6 is 11.8 Å². The number of aryl methyl sites for hydroxylation is 1. The summed E-state index contributed by atoms with van der Waals surface area (Å²) in [4.78, 5) is 13.0. The SMILES string of the molecule is Cc1ccc(SCC[NH+]2CCN(S(=O)(=O)c3ccc([N+](=O)[O-])cc3)CC2)cc1. The molecule has 0 radical (unpaired) electrons. The molecule has 1 fully saturated rings. The molecule has 1 aliphatic rings. The van der Waals surface area contributed by atoms with E-state index in [2.05, 4.69) is 31.2 Å². The third-order valence-corrected chi connectivity index (χ3v) is 7.79. The van der Waals surface area contributed by atoms with E-state index >= 15 is 0 Å². The second-order valence-corrected chi connectivity index (χ2v) is 9.92. The Labute approximate surface area is 169 Å². The molecule has 0 atom stereocenters. The van der Waals surface area contributed by atoms with Crippen molar-refractivity contribution < 1.29 is 18.2 Å². The molecular weight excluding hydrogens is 398 g/mol. The number of quaternary nitrogens is 1. The molecule has 7 nitrogen and oxygen atoms in total. The van der Waals surface area contributed by atoms with Gasteiger partial charge in [-0.1, -0.05) is 17.7 Å². The van der Waals surface area contributed by atoms with Crippen LogP contribution in [0.25, 0.3) is 0 Å². The fourth-order valence-corrected chi connectivity index (χ4v) is 5.53. The normalized spacial score (nSPS) is 16.2. The maximum Gasteiger partial charge on any atom is 0.269 e. The van der Waals surface area contributed by atoms with Crippen LogP contribution < -0.4 is 4.90 Å². The van der Waals surface area contributed by atoms with Gasteiger partial charge in [-0.15, -0.1) is 11.8 Å². The van der Waals surface area contributed by atoms with E-state index in [0.717, 1.165) is 25.4 Å². The van der Waals surface area contributed by atoms with E-state index in [0.29, 0.717) is 13.1 Å². The van der Waals surface area contributed by atoms with Crippen LogP contribution in [0.4, 0.5) is 5.69 Å². The highest BCUT2D eigenvalue weighted by Crippen LogP contribution is 2.20. The molecule has 9 heteroatoms. The van der Waals surface area contributed by atoms with Crippen molar-refractivity contribution in [1.29, 1.82) is 0 Å². The number of thioether (sulfide) groups is 1. The lowest BCUT2D eigenvalue weighted by Gasteiger charge is -2.31. The van der Waals surface area contributed by atoms with E-state index in [9.17, 15) is 18.5 Å². The second kappa shape index (κ2) is 9.04. The van der Waals surface area contributed by atoms with Crippen molar-refractivity contribution >= 4 is 27.5 Å². The number of benzene rings is 2. The quantitative estimate of drug-likeness (QED) is 0.416. The number of piperazine rings is 1. The maximum atomic E-state index is 12.7. The highest BCUT2D eigenvalue weighted by molar-refractivity contribution is 7.99. The molecule has 0 saturated carbocycles. The predicted octanol–water partition coefficient (Wildman–Crippen LogP) is 1.58. The van der Waals surface area contributed by atoms with E-state index in [1.807, 2.05) is 11.8 Å². The van der Waals surface area contributed by atoms with Gasteiger partial charge in [-0.2, -0.15) is 4.31 Å². The summed E-state index contributed by atoms with van der Waals surface area (Å²) in [5, 5.41) is 10.7. The van der Waals surface area contributed by atoms with E-state index in [4.69, 9.17) is 0 Å². The minimum Gasteiger partial charge on any atom is -0.332 e. The van der Waals surface area contributed by atoms with E-state index in [1.165, 1.54) is 43.9 Å². The first-order valence-electron chi connectivity index (χ1n) is 9.14. The number of nitrogens with zero attached hydrogens (tertiary/aromatic N) is 2. The van der Waals surface area contributed by atoms with Crippen molar-refractivity contribution in [1.82, 2.24) is 4.31 Å². The van der Waals surface area contributed by atoms with Gasteiger partial charge in [0.05, 0.1) is 42.5 Å². The number of hydrogen-bond donors (Lipinski definition) is 1. The van der Waals surface area contributed by atoms with Gasteiger partial charge in [0.2, 0.25) is 10.0 Å². The van der Waals surface area contributed by atoms with Crippen molar-refractivity contribution in [2.24, 2.45) is 0 Å². The Morgan fingerprint density at radius 1 is 1.07 bits per heavy atom. The zero-order chi connectivity index (χ0) is 20.1. The first-order chi connectivity index (χ1) is 13.4. The number of non-ortho nitro benzene ring substituents is 1. The van der Waals surface area contributed by atoms with Crippen molar-refractivity contribution in [3.63, 3.8) is 0 Å². The Balaban J connectivity index is 1.49. The van der Waals surface area contributed by atoms with Gasteiger partial charge in [0, 0.05) is 22.8 Å². The van der Waals surface area contributed by atoms with Gasteiger partial charge >= 0.3 is 0 Å². The Morgan fingerprint density at radius 3 is 2.25 bits per heavy atom. The van der Waals surface area contributed by atoms with E-state index in [-0.39, 0.29) is 10.6 Å². The topological polar surface area (TPSA) is 85.0 Å².